The number of rotatable bonds is 6. The zero-order chi connectivity index (χ0) is 20.1. The fourth-order valence-corrected chi connectivity index (χ4v) is 3.66. The van der Waals surface area contributed by atoms with E-state index in [4.69, 9.17) is 0 Å². The van der Waals surface area contributed by atoms with E-state index < -0.39 is 10.0 Å². The van der Waals surface area contributed by atoms with E-state index in [2.05, 4.69) is 15.0 Å². The van der Waals surface area contributed by atoms with Gasteiger partial charge in [-0.3, -0.25) is 14.5 Å². The maximum absolute atomic E-state index is 12.6. The van der Waals surface area contributed by atoms with Crippen LogP contribution in [0.15, 0.2) is 78.0 Å². The Morgan fingerprint density at radius 3 is 2.25 bits per heavy atom. The molecule has 0 saturated heterocycles. The Hall–Kier alpha value is -3.19. The number of pyridine rings is 1. The third kappa shape index (κ3) is 4.75. The third-order valence-electron chi connectivity index (χ3n) is 4.17. The van der Waals surface area contributed by atoms with Gasteiger partial charge in [0, 0.05) is 29.3 Å². The number of aromatic nitrogens is 1. The van der Waals surface area contributed by atoms with Gasteiger partial charge in [-0.15, -0.1) is 0 Å². The van der Waals surface area contributed by atoms with Gasteiger partial charge in [0.2, 0.25) is 0 Å². The summed E-state index contributed by atoms with van der Waals surface area (Å²) in [5.74, 6) is -0.0196. The minimum Gasteiger partial charge on any atom is -0.322 e. The minimum absolute atomic E-state index is 0.170. The van der Waals surface area contributed by atoms with Gasteiger partial charge in [0.25, 0.3) is 15.9 Å². The molecule has 144 valence electrons. The Kier molecular flexibility index (Phi) is 5.75. The molecule has 0 unspecified atom stereocenters. The van der Waals surface area contributed by atoms with Crippen LogP contribution in [-0.4, -0.2) is 19.3 Å². The van der Waals surface area contributed by atoms with Crippen LogP contribution in [0.25, 0.3) is 0 Å². The maximum Gasteiger partial charge on any atom is 0.261 e. The maximum atomic E-state index is 12.6. The Morgan fingerprint density at radius 1 is 0.929 bits per heavy atom. The highest BCUT2D eigenvalue weighted by atomic mass is 32.2. The lowest BCUT2D eigenvalue weighted by atomic mass is 10.0. The average molecular weight is 395 g/mol. The number of anilines is 2. The van der Waals surface area contributed by atoms with Crippen LogP contribution in [0.5, 0.6) is 0 Å². The van der Waals surface area contributed by atoms with Gasteiger partial charge in [0.1, 0.15) is 0 Å². The molecule has 0 aliphatic heterocycles. The largest absolute Gasteiger partial charge is 0.322 e. The molecule has 1 heterocycles. The van der Waals surface area contributed by atoms with Crippen molar-refractivity contribution in [3.63, 3.8) is 0 Å². The first-order chi connectivity index (χ1) is 13.3. The second-order valence-electron chi connectivity index (χ2n) is 6.60. The van der Waals surface area contributed by atoms with Gasteiger partial charge in [-0.1, -0.05) is 32.0 Å². The number of carbonyl (C=O) groups is 1. The molecule has 0 spiro atoms. The van der Waals surface area contributed by atoms with Gasteiger partial charge in [-0.2, -0.15) is 0 Å². The normalized spacial score (nSPS) is 11.2. The van der Waals surface area contributed by atoms with Crippen LogP contribution >= 0.6 is 0 Å². The van der Waals surface area contributed by atoms with Crippen molar-refractivity contribution in [2.45, 2.75) is 24.7 Å². The molecule has 0 radical (unpaired) electrons. The molecule has 1 amide bonds. The van der Waals surface area contributed by atoms with Crippen molar-refractivity contribution < 1.29 is 13.2 Å². The smallest absolute Gasteiger partial charge is 0.261 e. The van der Waals surface area contributed by atoms with E-state index in [0.717, 1.165) is 5.56 Å². The topological polar surface area (TPSA) is 88.2 Å². The predicted octanol–water partition coefficient (Wildman–Crippen LogP) is 4.26. The molecule has 2 aromatic carbocycles. The van der Waals surface area contributed by atoms with Crippen LogP contribution in [0, 0.1) is 0 Å². The number of nitrogens with one attached hydrogen (secondary N) is 2. The summed E-state index contributed by atoms with van der Waals surface area (Å²) in [6.45, 7) is 4.09. The summed E-state index contributed by atoms with van der Waals surface area (Å²) in [6, 6.07) is 16.5. The summed E-state index contributed by atoms with van der Waals surface area (Å²) >= 11 is 0. The molecule has 3 aromatic rings. The molecular formula is C21H21N3O3S. The molecule has 28 heavy (non-hydrogen) atoms. The van der Waals surface area contributed by atoms with E-state index in [1.54, 1.807) is 67.0 Å². The lowest BCUT2D eigenvalue weighted by Crippen LogP contribution is -2.15. The van der Waals surface area contributed by atoms with Crippen molar-refractivity contribution in [2.75, 3.05) is 10.0 Å². The van der Waals surface area contributed by atoms with Gasteiger partial charge in [0.15, 0.2) is 0 Å². The molecule has 0 bridgehead atoms. The lowest BCUT2D eigenvalue weighted by Gasteiger charge is -2.11. The predicted molar refractivity (Wildman–Crippen MR) is 110 cm³/mol. The summed E-state index contributed by atoms with van der Waals surface area (Å²) in [5, 5.41) is 2.74. The van der Waals surface area contributed by atoms with Crippen molar-refractivity contribution >= 4 is 27.3 Å². The van der Waals surface area contributed by atoms with Crippen molar-refractivity contribution in [1.29, 1.82) is 0 Å². The monoisotopic (exact) mass is 395 g/mol. The first-order valence-electron chi connectivity index (χ1n) is 8.79. The first-order valence-corrected chi connectivity index (χ1v) is 10.3. The van der Waals surface area contributed by atoms with Crippen molar-refractivity contribution in [3.05, 3.63) is 84.2 Å². The molecule has 7 heteroatoms. The Morgan fingerprint density at radius 2 is 1.61 bits per heavy atom. The molecular weight excluding hydrogens is 374 g/mol. The van der Waals surface area contributed by atoms with E-state index in [1.807, 2.05) is 13.8 Å². The Balaban J connectivity index is 1.77. The second kappa shape index (κ2) is 8.22. The van der Waals surface area contributed by atoms with E-state index in [-0.39, 0.29) is 10.8 Å². The second-order valence-corrected chi connectivity index (χ2v) is 8.28. The molecule has 2 N–H and O–H groups in total. The van der Waals surface area contributed by atoms with Gasteiger partial charge in [0.05, 0.1) is 4.90 Å². The van der Waals surface area contributed by atoms with E-state index >= 15 is 0 Å². The lowest BCUT2D eigenvalue weighted by molar-refractivity contribution is 0.102. The Labute approximate surface area is 164 Å². The summed E-state index contributed by atoms with van der Waals surface area (Å²) in [7, 11) is -3.75. The number of benzene rings is 2. The number of amides is 1. The number of sulfonamides is 1. The van der Waals surface area contributed by atoms with E-state index in [0.29, 0.717) is 22.9 Å². The molecule has 1 aromatic heterocycles. The van der Waals surface area contributed by atoms with Crippen LogP contribution in [0.1, 0.15) is 35.7 Å². The molecule has 0 aliphatic rings. The SMILES string of the molecule is CC(C)c1ccc(S(=O)(=O)Nc2cccc(C(=O)Nc3ccncc3)c2)cc1. The van der Waals surface area contributed by atoms with Crippen LogP contribution in [0.2, 0.25) is 0 Å². The third-order valence-corrected chi connectivity index (χ3v) is 5.57. The molecule has 0 atom stereocenters. The van der Waals surface area contributed by atoms with E-state index in [9.17, 15) is 13.2 Å². The standard InChI is InChI=1S/C21H21N3O3S/c1-15(2)16-6-8-20(9-7-16)28(26,27)24-19-5-3-4-17(14-19)21(25)23-18-10-12-22-13-11-18/h3-15,24H,1-2H3,(H,22,23,25). The summed E-state index contributed by atoms with van der Waals surface area (Å²) in [4.78, 5) is 16.5. The van der Waals surface area contributed by atoms with Gasteiger partial charge in [-0.05, 0) is 53.9 Å². The fourth-order valence-electron chi connectivity index (χ4n) is 2.61. The van der Waals surface area contributed by atoms with Crippen LogP contribution in [-0.2, 0) is 10.0 Å². The molecule has 0 aliphatic carbocycles. The van der Waals surface area contributed by atoms with Crippen molar-refractivity contribution in [2.24, 2.45) is 0 Å². The molecule has 0 saturated carbocycles. The van der Waals surface area contributed by atoms with Crippen molar-refractivity contribution in [3.8, 4) is 0 Å². The van der Waals surface area contributed by atoms with Gasteiger partial charge >= 0.3 is 0 Å². The highest BCUT2D eigenvalue weighted by Gasteiger charge is 2.15. The summed E-state index contributed by atoms with van der Waals surface area (Å²) in [6.07, 6.45) is 3.15. The summed E-state index contributed by atoms with van der Waals surface area (Å²) in [5.41, 5.74) is 2.33. The first kappa shape index (κ1) is 19.6. The Bertz CT molecular complexity index is 1060. The molecule has 0 fully saturated rings. The number of hydrogen-bond donors (Lipinski definition) is 2. The fraction of sp³-hybridized carbons (Fsp3) is 0.143. The zero-order valence-electron chi connectivity index (χ0n) is 15.6. The summed E-state index contributed by atoms with van der Waals surface area (Å²) < 4.78 is 27.8. The molecule has 3 rings (SSSR count). The van der Waals surface area contributed by atoms with E-state index in [1.165, 1.54) is 6.07 Å². The highest BCUT2D eigenvalue weighted by Crippen LogP contribution is 2.21. The van der Waals surface area contributed by atoms with Crippen LogP contribution in [0.4, 0.5) is 11.4 Å². The average Bonchev–Trinajstić information content (AvgIpc) is 2.68. The number of hydrogen-bond acceptors (Lipinski definition) is 4. The van der Waals surface area contributed by atoms with Gasteiger partial charge < -0.3 is 5.32 Å². The number of carbonyl (C=O) groups excluding carboxylic acids is 1. The minimum atomic E-state index is -3.75. The van der Waals surface area contributed by atoms with Crippen LogP contribution in [0.3, 0.4) is 0 Å². The number of nitrogens with zero attached hydrogens (tertiary/aromatic N) is 1. The zero-order valence-corrected chi connectivity index (χ0v) is 16.4. The molecule has 6 nitrogen and oxygen atoms in total. The quantitative estimate of drug-likeness (QED) is 0.653. The highest BCUT2D eigenvalue weighted by molar-refractivity contribution is 7.92. The van der Waals surface area contributed by atoms with Gasteiger partial charge in [-0.25, -0.2) is 8.42 Å². The van der Waals surface area contributed by atoms with Crippen molar-refractivity contribution in [1.82, 2.24) is 4.98 Å². The van der Waals surface area contributed by atoms with Crippen LogP contribution < -0.4 is 10.0 Å².